The highest BCUT2D eigenvalue weighted by atomic mass is 19.1. The Hall–Kier alpha value is -2.40. The molecule has 0 N–H and O–H groups in total. The zero-order chi connectivity index (χ0) is 17.6. The Morgan fingerprint density at radius 3 is 2.72 bits per heavy atom. The first-order valence-corrected chi connectivity index (χ1v) is 8.44. The van der Waals surface area contributed by atoms with E-state index in [0.717, 1.165) is 11.3 Å². The Morgan fingerprint density at radius 1 is 1.24 bits per heavy atom. The molecule has 5 heteroatoms. The fraction of sp³-hybridized carbons (Fsp3) is 0.350. The minimum Gasteiger partial charge on any atom is -0.497 e. The van der Waals surface area contributed by atoms with Crippen LogP contribution in [0.5, 0.6) is 5.75 Å². The number of rotatable bonds is 5. The number of carbonyl (C=O) groups is 1. The molecule has 2 aromatic carbocycles. The van der Waals surface area contributed by atoms with E-state index < -0.39 is 6.10 Å². The molecule has 1 aliphatic heterocycles. The molecule has 1 heterocycles. The Morgan fingerprint density at radius 2 is 2.00 bits per heavy atom. The zero-order valence-electron chi connectivity index (χ0n) is 14.3. The van der Waals surface area contributed by atoms with Crippen molar-refractivity contribution >= 4 is 5.91 Å². The topological polar surface area (TPSA) is 38.8 Å². The van der Waals surface area contributed by atoms with Gasteiger partial charge in [0.15, 0.2) is 0 Å². The molecule has 0 saturated carbocycles. The number of aryl methyl sites for hydroxylation is 1. The molecule has 1 aliphatic rings. The molecule has 1 saturated heterocycles. The first-order valence-electron chi connectivity index (χ1n) is 8.44. The number of halogens is 1. The van der Waals surface area contributed by atoms with Crippen LogP contribution in [0.2, 0.25) is 0 Å². The maximum atomic E-state index is 13.9. The van der Waals surface area contributed by atoms with Crippen LogP contribution in [-0.4, -0.2) is 37.6 Å². The summed E-state index contributed by atoms with van der Waals surface area (Å²) in [5.41, 5.74) is 1.60. The van der Waals surface area contributed by atoms with E-state index in [9.17, 15) is 9.18 Å². The average Bonchev–Trinajstić information content (AvgIpc) is 2.67. The van der Waals surface area contributed by atoms with Crippen molar-refractivity contribution in [2.24, 2.45) is 0 Å². The van der Waals surface area contributed by atoms with Crippen molar-refractivity contribution in [2.75, 3.05) is 26.8 Å². The summed E-state index contributed by atoms with van der Waals surface area (Å²) in [6.07, 6.45) is 0.695. The smallest absolute Gasteiger partial charge is 0.223 e. The Bertz CT molecular complexity index is 717. The molecule has 0 aromatic heterocycles. The molecule has 132 valence electrons. The van der Waals surface area contributed by atoms with Gasteiger partial charge < -0.3 is 14.4 Å². The number of nitrogens with zero attached hydrogens (tertiary/aromatic N) is 1. The third-order valence-corrected chi connectivity index (χ3v) is 4.46. The van der Waals surface area contributed by atoms with E-state index in [4.69, 9.17) is 9.47 Å². The number of hydrogen-bond acceptors (Lipinski definition) is 3. The molecule has 1 amide bonds. The zero-order valence-corrected chi connectivity index (χ0v) is 14.3. The van der Waals surface area contributed by atoms with Gasteiger partial charge in [0, 0.05) is 18.5 Å². The van der Waals surface area contributed by atoms with Gasteiger partial charge in [-0.15, -0.1) is 0 Å². The third-order valence-electron chi connectivity index (χ3n) is 4.46. The van der Waals surface area contributed by atoms with Gasteiger partial charge in [-0.2, -0.15) is 0 Å². The van der Waals surface area contributed by atoms with E-state index in [1.807, 2.05) is 24.3 Å². The number of benzene rings is 2. The molecule has 0 aliphatic carbocycles. The van der Waals surface area contributed by atoms with E-state index in [-0.39, 0.29) is 11.7 Å². The second kappa shape index (κ2) is 8.12. The third kappa shape index (κ3) is 4.37. The summed E-state index contributed by atoms with van der Waals surface area (Å²) in [5, 5.41) is 0. The summed E-state index contributed by atoms with van der Waals surface area (Å²) >= 11 is 0. The molecule has 0 bridgehead atoms. The number of methoxy groups -OCH3 is 1. The van der Waals surface area contributed by atoms with Gasteiger partial charge in [0.25, 0.3) is 0 Å². The van der Waals surface area contributed by atoms with Crippen LogP contribution in [0, 0.1) is 5.82 Å². The first-order chi connectivity index (χ1) is 12.2. The number of morpholine rings is 1. The van der Waals surface area contributed by atoms with E-state index >= 15 is 0 Å². The van der Waals surface area contributed by atoms with Gasteiger partial charge in [0.1, 0.15) is 17.7 Å². The van der Waals surface area contributed by atoms with Crippen molar-refractivity contribution in [1.82, 2.24) is 4.90 Å². The molecule has 2 aromatic rings. The van der Waals surface area contributed by atoms with Crippen LogP contribution in [0.4, 0.5) is 4.39 Å². The Labute approximate surface area is 147 Å². The fourth-order valence-electron chi connectivity index (χ4n) is 3.00. The van der Waals surface area contributed by atoms with Crippen LogP contribution >= 0.6 is 0 Å². The lowest BCUT2D eigenvalue weighted by molar-refractivity contribution is -0.139. The van der Waals surface area contributed by atoms with Crippen LogP contribution in [0.25, 0.3) is 0 Å². The fourth-order valence-corrected chi connectivity index (χ4v) is 3.00. The van der Waals surface area contributed by atoms with Crippen molar-refractivity contribution in [3.63, 3.8) is 0 Å². The SMILES string of the molecule is COc1ccc(CCC(=O)N2CCOC(c3ccccc3F)C2)cc1. The summed E-state index contributed by atoms with van der Waals surface area (Å²) in [5.74, 6) is 0.580. The number of carbonyl (C=O) groups excluding carboxylic acids is 1. The van der Waals surface area contributed by atoms with Gasteiger partial charge in [-0.25, -0.2) is 4.39 Å². The van der Waals surface area contributed by atoms with E-state index in [2.05, 4.69) is 0 Å². The monoisotopic (exact) mass is 343 g/mol. The molecule has 1 fully saturated rings. The van der Waals surface area contributed by atoms with Gasteiger partial charge in [0.05, 0.1) is 20.3 Å². The minimum absolute atomic E-state index is 0.0699. The van der Waals surface area contributed by atoms with Gasteiger partial charge in [-0.1, -0.05) is 30.3 Å². The molecule has 0 spiro atoms. The second-order valence-electron chi connectivity index (χ2n) is 6.07. The lowest BCUT2D eigenvalue weighted by Gasteiger charge is -2.33. The van der Waals surface area contributed by atoms with Crippen molar-refractivity contribution < 1.29 is 18.7 Å². The quantitative estimate of drug-likeness (QED) is 0.835. The van der Waals surface area contributed by atoms with Crippen LogP contribution in [0.15, 0.2) is 48.5 Å². The maximum absolute atomic E-state index is 13.9. The van der Waals surface area contributed by atoms with E-state index in [0.29, 0.717) is 38.1 Å². The van der Waals surface area contributed by atoms with Crippen LogP contribution in [-0.2, 0) is 16.0 Å². The predicted octanol–water partition coefficient (Wildman–Crippen LogP) is 3.37. The van der Waals surface area contributed by atoms with Crippen molar-refractivity contribution in [3.05, 3.63) is 65.5 Å². The van der Waals surface area contributed by atoms with Crippen molar-refractivity contribution in [2.45, 2.75) is 18.9 Å². The maximum Gasteiger partial charge on any atom is 0.223 e. The summed E-state index contributed by atoms with van der Waals surface area (Å²) in [6.45, 7) is 1.36. The van der Waals surface area contributed by atoms with Crippen molar-refractivity contribution in [1.29, 1.82) is 0 Å². The molecular formula is C20H22FNO3. The summed E-state index contributed by atoms with van der Waals surface area (Å²) < 4.78 is 24.7. The lowest BCUT2D eigenvalue weighted by Crippen LogP contribution is -2.42. The predicted molar refractivity (Wildman–Crippen MR) is 93.0 cm³/mol. The highest BCUT2D eigenvalue weighted by Crippen LogP contribution is 2.25. The molecular weight excluding hydrogens is 321 g/mol. The minimum atomic E-state index is -0.403. The molecule has 3 rings (SSSR count). The summed E-state index contributed by atoms with van der Waals surface area (Å²) in [4.78, 5) is 14.3. The van der Waals surface area contributed by atoms with Crippen LogP contribution in [0.3, 0.4) is 0 Å². The van der Waals surface area contributed by atoms with Gasteiger partial charge in [-0.05, 0) is 30.2 Å². The number of amides is 1. The highest BCUT2D eigenvalue weighted by Gasteiger charge is 2.26. The summed E-state index contributed by atoms with van der Waals surface area (Å²) in [6, 6.07) is 14.3. The molecule has 25 heavy (non-hydrogen) atoms. The average molecular weight is 343 g/mol. The molecule has 0 radical (unpaired) electrons. The van der Waals surface area contributed by atoms with Crippen molar-refractivity contribution in [3.8, 4) is 5.75 Å². The largest absolute Gasteiger partial charge is 0.497 e. The van der Waals surface area contributed by atoms with E-state index in [1.165, 1.54) is 6.07 Å². The Kier molecular flexibility index (Phi) is 5.66. The van der Waals surface area contributed by atoms with Gasteiger partial charge in [0.2, 0.25) is 5.91 Å². The normalized spacial score (nSPS) is 17.4. The number of ether oxygens (including phenoxy) is 2. The van der Waals surface area contributed by atoms with Gasteiger partial charge >= 0.3 is 0 Å². The second-order valence-corrected chi connectivity index (χ2v) is 6.07. The number of hydrogen-bond donors (Lipinski definition) is 0. The van der Waals surface area contributed by atoms with Crippen LogP contribution < -0.4 is 4.74 Å². The molecule has 1 atom stereocenters. The van der Waals surface area contributed by atoms with Crippen LogP contribution in [0.1, 0.15) is 23.7 Å². The molecule has 1 unspecified atom stereocenters. The van der Waals surface area contributed by atoms with E-state index in [1.54, 1.807) is 30.2 Å². The first kappa shape index (κ1) is 17.4. The molecule has 4 nitrogen and oxygen atoms in total. The standard InChI is InChI=1S/C20H22FNO3/c1-24-16-9-6-15(7-10-16)8-11-20(23)22-12-13-25-19(14-22)17-4-2-3-5-18(17)21/h2-7,9-10,19H,8,11-14H2,1H3. The summed E-state index contributed by atoms with van der Waals surface area (Å²) in [7, 11) is 1.63. The lowest BCUT2D eigenvalue weighted by atomic mass is 10.1. The Balaban J connectivity index is 1.57. The highest BCUT2D eigenvalue weighted by molar-refractivity contribution is 5.76. The van der Waals surface area contributed by atoms with Gasteiger partial charge in [-0.3, -0.25) is 4.79 Å².